The average Bonchev–Trinajstić information content (AvgIpc) is 2.45. The van der Waals surface area contributed by atoms with Crippen LogP contribution in [0.1, 0.15) is 23.6 Å². The van der Waals surface area contributed by atoms with Crippen molar-refractivity contribution in [1.29, 1.82) is 0 Å². The van der Waals surface area contributed by atoms with E-state index in [4.69, 9.17) is 23.8 Å². The molecule has 0 aliphatic carbocycles. The Morgan fingerprint density at radius 2 is 1.86 bits per heavy atom. The molecule has 0 unspecified atom stereocenters. The first-order valence-electron chi connectivity index (χ1n) is 6.94. The molecule has 0 aromatic heterocycles. The summed E-state index contributed by atoms with van der Waals surface area (Å²) in [5.41, 5.74) is 5.54. The van der Waals surface area contributed by atoms with E-state index in [9.17, 15) is 0 Å². The van der Waals surface area contributed by atoms with Crippen LogP contribution in [0.5, 0.6) is 0 Å². The van der Waals surface area contributed by atoms with Gasteiger partial charge in [-0.3, -0.25) is 0 Å². The van der Waals surface area contributed by atoms with Gasteiger partial charge in [0, 0.05) is 16.4 Å². The summed E-state index contributed by atoms with van der Waals surface area (Å²) in [5, 5.41) is 7.78. The smallest absolute Gasteiger partial charge is 0.175 e. The van der Waals surface area contributed by atoms with Crippen LogP contribution in [0.4, 0.5) is 11.4 Å². The fraction of sp³-hybridized carbons (Fsp3) is 0.235. The standard InChI is InChI=1S/C17H19ClN2S/c1-4-13-7-5-6-12(3)16(13)20-17(21)19-15-10-14(18)9-8-11(15)2/h5-10H,4H2,1-3H3,(H2,19,20,21). The Morgan fingerprint density at radius 1 is 1.10 bits per heavy atom. The van der Waals surface area contributed by atoms with Crippen molar-refractivity contribution in [3.05, 3.63) is 58.1 Å². The van der Waals surface area contributed by atoms with Crippen molar-refractivity contribution in [2.45, 2.75) is 27.2 Å². The van der Waals surface area contributed by atoms with E-state index >= 15 is 0 Å². The summed E-state index contributed by atoms with van der Waals surface area (Å²) in [6.45, 7) is 6.23. The minimum atomic E-state index is 0.573. The molecule has 21 heavy (non-hydrogen) atoms. The Morgan fingerprint density at radius 3 is 2.57 bits per heavy atom. The van der Waals surface area contributed by atoms with Crippen molar-refractivity contribution in [2.75, 3.05) is 10.6 Å². The fourth-order valence-corrected chi connectivity index (χ4v) is 2.58. The van der Waals surface area contributed by atoms with Gasteiger partial charge in [0.2, 0.25) is 0 Å². The number of nitrogens with one attached hydrogen (secondary N) is 2. The van der Waals surface area contributed by atoms with Crippen molar-refractivity contribution in [3.8, 4) is 0 Å². The molecule has 4 heteroatoms. The number of benzene rings is 2. The number of hydrogen-bond donors (Lipinski definition) is 2. The Balaban J connectivity index is 2.17. The van der Waals surface area contributed by atoms with Crippen molar-refractivity contribution >= 4 is 40.3 Å². The third-order valence-electron chi connectivity index (χ3n) is 3.43. The molecular formula is C17H19ClN2S. The van der Waals surface area contributed by atoms with E-state index in [-0.39, 0.29) is 0 Å². The third kappa shape index (κ3) is 3.96. The summed E-state index contributed by atoms with van der Waals surface area (Å²) >= 11 is 11.5. The van der Waals surface area contributed by atoms with Crippen LogP contribution in [0.2, 0.25) is 5.02 Å². The largest absolute Gasteiger partial charge is 0.332 e. The Labute approximate surface area is 136 Å². The number of para-hydroxylation sites is 1. The summed E-state index contributed by atoms with van der Waals surface area (Å²) in [5.74, 6) is 0. The van der Waals surface area contributed by atoms with Crippen LogP contribution in [0.25, 0.3) is 0 Å². The van der Waals surface area contributed by atoms with Gasteiger partial charge in [-0.2, -0.15) is 0 Å². The maximum absolute atomic E-state index is 6.03. The Kier molecular flexibility index (Phi) is 5.21. The van der Waals surface area contributed by atoms with Crippen molar-refractivity contribution in [2.24, 2.45) is 0 Å². The number of aryl methyl sites for hydroxylation is 3. The highest BCUT2D eigenvalue weighted by atomic mass is 35.5. The quantitative estimate of drug-likeness (QED) is 0.748. The lowest BCUT2D eigenvalue weighted by Gasteiger charge is -2.17. The van der Waals surface area contributed by atoms with Crippen LogP contribution in [0.15, 0.2) is 36.4 Å². The zero-order valence-electron chi connectivity index (χ0n) is 12.5. The maximum atomic E-state index is 6.03. The molecule has 0 amide bonds. The van der Waals surface area contributed by atoms with E-state index in [0.29, 0.717) is 10.1 Å². The van der Waals surface area contributed by atoms with Crippen LogP contribution in [-0.4, -0.2) is 5.11 Å². The first-order chi connectivity index (χ1) is 10.0. The fourth-order valence-electron chi connectivity index (χ4n) is 2.20. The van der Waals surface area contributed by atoms with Crippen LogP contribution in [0, 0.1) is 13.8 Å². The van der Waals surface area contributed by atoms with Crippen molar-refractivity contribution < 1.29 is 0 Å². The molecular weight excluding hydrogens is 300 g/mol. The lowest BCUT2D eigenvalue weighted by Crippen LogP contribution is -2.21. The molecule has 0 radical (unpaired) electrons. The predicted molar refractivity (Wildman–Crippen MR) is 96.6 cm³/mol. The Bertz CT molecular complexity index is 668. The minimum Gasteiger partial charge on any atom is -0.332 e. The predicted octanol–water partition coefficient (Wildman–Crippen LogP) is 5.33. The van der Waals surface area contributed by atoms with Crippen LogP contribution < -0.4 is 10.6 Å². The molecule has 0 atom stereocenters. The molecule has 0 bridgehead atoms. The number of anilines is 2. The molecule has 2 aromatic rings. The first kappa shape index (κ1) is 15.8. The lowest BCUT2D eigenvalue weighted by molar-refractivity contribution is 1.13. The number of rotatable bonds is 3. The van der Waals surface area contributed by atoms with Gasteiger partial charge in [-0.15, -0.1) is 0 Å². The van der Waals surface area contributed by atoms with Gasteiger partial charge in [0.1, 0.15) is 0 Å². The zero-order valence-corrected chi connectivity index (χ0v) is 14.0. The highest BCUT2D eigenvalue weighted by Gasteiger charge is 2.07. The van der Waals surface area contributed by atoms with Gasteiger partial charge in [-0.05, 0) is 61.3 Å². The molecule has 2 aromatic carbocycles. The van der Waals surface area contributed by atoms with E-state index in [1.54, 1.807) is 0 Å². The molecule has 2 nitrogen and oxygen atoms in total. The number of thiocarbonyl (C=S) groups is 1. The van der Waals surface area contributed by atoms with Gasteiger partial charge in [0.25, 0.3) is 0 Å². The zero-order chi connectivity index (χ0) is 15.4. The number of halogens is 1. The van der Waals surface area contributed by atoms with Crippen LogP contribution in [-0.2, 0) is 6.42 Å². The topological polar surface area (TPSA) is 24.1 Å². The molecule has 0 spiro atoms. The van der Waals surface area contributed by atoms with E-state index in [2.05, 4.69) is 42.7 Å². The molecule has 110 valence electrons. The summed E-state index contributed by atoms with van der Waals surface area (Å²) in [6.07, 6.45) is 0.961. The lowest BCUT2D eigenvalue weighted by atomic mass is 10.1. The number of hydrogen-bond acceptors (Lipinski definition) is 1. The van der Waals surface area contributed by atoms with Gasteiger partial charge in [0.15, 0.2) is 5.11 Å². The van der Waals surface area contributed by atoms with E-state index in [1.165, 1.54) is 11.1 Å². The highest BCUT2D eigenvalue weighted by Crippen LogP contribution is 2.23. The second-order valence-electron chi connectivity index (χ2n) is 5.00. The van der Waals surface area contributed by atoms with Crippen molar-refractivity contribution in [3.63, 3.8) is 0 Å². The van der Waals surface area contributed by atoms with Crippen LogP contribution >= 0.6 is 23.8 Å². The second kappa shape index (κ2) is 6.92. The highest BCUT2D eigenvalue weighted by molar-refractivity contribution is 7.80. The molecule has 0 fully saturated rings. The molecule has 0 heterocycles. The van der Waals surface area contributed by atoms with Gasteiger partial charge in [-0.25, -0.2) is 0 Å². The normalized spacial score (nSPS) is 10.3. The molecule has 0 aliphatic heterocycles. The maximum Gasteiger partial charge on any atom is 0.175 e. The Hall–Kier alpha value is -1.58. The van der Waals surface area contributed by atoms with Gasteiger partial charge in [-0.1, -0.05) is 42.8 Å². The van der Waals surface area contributed by atoms with E-state index in [0.717, 1.165) is 23.4 Å². The molecule has 0 saturated heterocycles. The van der Waals surface area contributed by atoms with E-state index in [1.807, 2.05) is 25.1 Å². The van der Waals surface area contributed by atoms with Crippen molar-refractivity contribution in [1.82, 2.24) is 0 Å². The SMILES string of the molecule is CCc1cccc(C)c1NC(=S)Nc1cc(Cl)ccc1C. The average molecular weight is 319 g/mol. The molecule has 0 saturated carbocycles. The molecule has 0 aliphatic rings. The monoisotopic (exact) mass is 318 g/mol. The summed E-state index contributed by atoms with van der Waals surface area (Å²) in [6, 6.07) is 12.0. The molecule has 2 N–H and O–H groups in total. The summed E-state index contributed by atoms with van der Waals surface area (Å²) < 4.78 is 0. The summed E-state index contributed by atoms with van der Waals surface area (Å²) in [4.78, 5) is 0. The molecule has 2 rings (SSSR count). The van der Waals surface area contributed by atoms with Gasteiger partial charge in [0.05, 0.1) is 0 Å². The first-order valence-corrected chi connectivity index (χ1v) is 7.72. The summed E-state index contributed by atoms with van der Waals surface area (Å²) in [7, 11) is 0. The van der Waals surface area contributed by atoms with Gasteiger partial charge >= 0.3 is 0 Å². The minimum absolute atomic E-state index is 0.573. The van der Waals surface area contributed by atoms with Gasteiger partial charge < -0.3 is 10.6 Å². The second-order valence-corrected chi connectivity index (χ2v) is 5.85. The van der Waals surface area contributed by atoms with E-state index < -0.39 is 0 Å². The third-order valence-corrected chi connectivity index (χ3v) is 3.87. The van der Waals surface area contributed by atoms with Crippen LogP contribution in [0.3, 0.4) is 0 Å².